The van der Waals surface area contributed by atoms with E-state index in [1.165, 1.54) is 12.1 Å². The SMILES string of the molecule is COc1ccc(CNS(=O)(=O)c2ccc(NC(=S)NC(=O)c3ccc(-c4ccccc4)cc3)cc2)cc1. The number of hydrogen-bond donors (Lipinski definition) is 3. The Morgan fingerprint density at radius 2 is 1.43 bits per heavy atom. The summed E-state index contributed by atoms with van der Waals surface area (Å²) in [6.45, 7) is 0.148. The van der Waals surface area contributed by atoms with E-state index in [-0.39, 0.29) is 22.5 Å². The molecule has 0 unspecified atom stereocenters. The van der Waals surface area contributed by atoms with Crippen molar-refractivity contribution < 1.29 is 17.9 Å². The first-order valence-corrected chi connectivity index (χ1v) is 13.2. The maximum absolute atomic E-state index is 12.6. The van der Waals surface area contributed by atoms with E-state index in [4.69, 9.17) is 17.0 Å². The maximum atomic E-state index is 12.6. The van der Waals surface area contributed by atoms with Crippen molar-refractivity contribution >= 4 is 38.9 Å². The van der Waals surface area contributed by atoms with Gasteiger partial charge in [0.1, 0.15) is 5.75 Å². The normalized spacial score (nSPS) is 10.9. The van der Waals surface area contributed by atoms with Gasteiger partial charge in [0.05, 0.1) is 12.0 Å². The van der Waals surface area contributed by atoms with Crippen molar-refractivity contribution in [3.8, 4) is 16.9 Å². The molecule has 1 amide bonds. The van der Waals surface area contributed by atoms with Crippen molar-refractivity contribution in [3.63, 3.8) is 0 Å². The van der Waals surface area contributed by atoms with Crippen LogP contribution in [0.3, 0.4) is 0 Å². The van der Waals surface area contributed by atoms with E-state index >= 15 is 0 Å². The molecule has 0 radical (unpaired) electrons. The summed E-state index contributed by atoms with van der Waals surface area (Å²) in [5.74, 6) is 0.351. The first-order chi connectivity index (χ1) is 17.8. The van der Waals surface area contributed by atoms with E-state index in [1.54, 1.807) is 55.6 Å². The molecule has 0 saturated carbocycles. The van der Waals surface area contributed by atoms with Crippen LogP contribution in [-0.2, 0) is 16.6 Å². The van der Waals surface area contributed by atoms with Crippen LogP contribution in [0.2, 0.25) is 0 Å². The number of anilines is 1. The summed E-state index contributed by atoms with van der Waals surface area (Å²) in [6.07, 6.45) is 0. The second-order valence-corrected chi connectivity index (χ2v) is 10.2. The van der Waals surface area contributed by atoms with Gasteiger partial charge in [0, 0.05) is 17.8 Å². The van der Waals surface area contributed by atoms with Gasteiger partial charge in [0.2, 0.25) is 10.0 Å². The van der Waals surface area contributed by atoms with Gasteiger partial charge in [0.25, 0.3) is 5.91 Å². The van der Waals surface area contributed by atoms with Crippen LogP contribution in [0.4, 0.5) is 5.69 Å². The van der Waals surface area contributed by atoms with Crippen LogP contribution < -0.4 is 20.1 Å². The summed E-state index contributed by atoms with van der Waals surface area (Å²) in [7, 11) is -2.14. The zero-order valence-corrected chi connectivity index (χ0v) is 21.6. The molecule has 0 spiro atoms. The Kier molecular flexibility index (Phi) is 8.29. The minimum atomic E-state index is -3.71. The smallest absolute Gasteiger partial charge is 0.257 e. The molecule has 0 fully saturated rings. The van der Waals surface area contributed by atoms with Crippen molar-refractivity contribution in [2.75, 3.05) is 12.4 Å². The molecule has 0 atom stereocenters. The molecule has 4 aromatic rings. The topological polar surface area (TPSA) is 96.5 Å². The Morgan fingerprint density at radius 3 is 2.05 bits per heavy atom. The zero-order valence-electron chi connectivity index (χ0n) is 20.0. The van der Waals surface area contributed by atoms with Crippen LogP contribution in [-0.4, -0.2) is 26.5 Å². The number of carbonyl (C=O) groups is 1. The summed E-state index contributed by atoms with van der Waals surface area (Å²) in [6, 6.07) is 30.3. The molecule has 0 aromatic heterocycles. The Morgan fingerprint density at radius 1 is 0.811 bits per heavy atom. The molecule has 188 valence electrons. The number of sulfonamides is 1. The summed E-state index contributed by atoms with van der Waals surface area (Å²) >= 11 is 5.25. The lowest BCUT2D eigenvalue weighted by Gasteiger charge is -2.11. The Hall–Kier alpha value is -4.05. The minimum absolute atomic E-state index is 0.102. The lowest BCUT2D eigenvalue weighted by atomic mass is 10.0. The summed E-state index contributed by atoms with van der Waals surface area (Å²) in [5, 5.41) is 5.64. The average molecular weight is 532 g/mol. The maximum Gasteiger partial charge on any atom is 0.257 e. The molecule has 4 aromatic carbocycles. The second-order valence-electron chi connectivity index (χ2n) is 8.05. The molecule has 0 saturated heterocycles. The Bertz CT molecular complexity index is 1470. The Labute approximate surface area is 221 Å². The number of carbonyl (C=O) groups excluding carboxylic acids is 1. The molecule has 0 bridgehead atoms. The fourth-order valence-corrected chi connectivity index (χ4v) is 4.73. The van der Waals surface area contributed by atoms with Crippen LogP contribution >= 0.6 is 12.2 Å². The lowest BCUT2D eigenvalue weighted by molar-refractivity contribution is 0.0977. The van der Waals surface area contributed by atoms with Gasteiger partial charge in [-0.05, 0) is 77.4 Å². The highest BCUT2D eigenvalue weighted by molar-refractivity contribution is 7.89. The highest BCUT2D eigenvalue weighted by atomic mass is 32.2. The standard InChI is InChI=1S/C28H25N3O4S2/c1-35-25-15-7-20(8-16-25)19-29-37(33,34)26-17-13-24(14-18-26)30-28(36)31-27(32)23-11-9-22(10-12-23)21-5-3-2-4-6-21/h2-18,29H,19H2,1H3,(H2,30,31,32,36). The summed E-state index contributed by atoms with van der Waals surface area (Å²) in [4.78, 5) is 12.7. The van der Waals surface area contributed by atoms with E-state index in [9.17, 15) is 13.2 Å². The second kappa shape index (κ2) is 11.8. The Balaban J connectivity index is 1.31. The number of hydrogen-bond acceptors (Lipinski definition) is 5. The largest absolute Gasteiger partial charge is 0.497 e. The third kappa shape index (κ3) is 7.01. The van der Waals surface area contributed by atoms with E-state index in [2.05, 4.69) is 15.4 Å². The molecule has 9 heteroatoms. The van der Waals surface area contributed by atoms with Crippen molar-refractivity contribution in [2.45, 2.75) is 11.4 Å². The number of ether oxygens (including phenoxy) is 1. The highest BCUT2D eigenvalue weighted by Gasteiger charge is 2.14. The van der Waals surface area contributed by atoms with E-state index in [1.807, 2.05) is 42.5 Å². The van der Waals surface area contributed by atoms with Crippen molar-refractivity contribution in [2.24, 2.45) is 0 Å². The first kappa shape index (κ1) is 26.0. The molecular weight excluding hydrogens is 506 g/mol. The predicted molar refractivity (Wildman–Crippen MR) is 149 cm³/mol. The first-order valence-electron chi connectivity index (χ1n) is 11.3. The molecule has 7 nitrogen and oxygen atoms in total. The number of thiocarbonyl (C=S) groups is 1. The molecule has 0 heterocycles. The molecule has 0 aliphatic heterocycles. The van der Waals surface area contributed by atoms with E-state index in [0.717, 1.165) is 16.7 Å². The van der Waals surface area contributed by atoms with Crippen molar-refractivity contribution in [1.82, 2.24) is 10.0 Å². The van der Waals surface area contributed by atoms with Crippen molar-refractivity contribution in [1.29, 1.82) is 0 Å². The van der Waals surface area contributed by atoms with Gasteiger partial charge in [-0.2, -0.15) is 0 Å². The van der Waals surface area contributed by atoms with Gasteiger partial charge >= 0.3 is 0 Å². The fourth-order valence-electron chi connectivity index (χ4n) is 3.50. The van der Waals surface area contributed by atoms with Gasteiger partial charge in [-0.25, -0.2) is 13.1 Å². The highest BCUT2D eigenvalue weighted by Crippen LogP contribution is 2.19. The molecular formula is C28H25N3O4S2. The summed E-state index contributed by atoms with van der Waals surface area (Å²) < 4.78 is 33.0. The molecule has 3 N–H and O–H groups in total. The van der Waals surface area contributed by atoms with Crippen LogP contribution in [0.1, 0.15) is 15.9 Å². The molecule has 0 aliphatic rings. The van der Waals surface area contributed by atoms with Crippen LogP contribution in [0.15, 0.2) is 108 Å². The quantitative estimate of drug-likeness (QED) is 0.278. The lowest BCUT2D eigenvalue weighted by Crippen LogP contribution is -2.34. The molecule has 4 rings (SSSR count). The number of amides is 1. The number of rotatable bonds is 8. The number of nitrogens with one attached hydrogen (secondary N) is 3. The van der Waals surface area contributed by atoms with E-state index in [0.29, 0.717) is 17.0 Å². The monoisotopic (exact) mass is 531 g/mol. The number of methoxy groups -OCH3 is 1. The molecule has 0 aliphatic carbocycles. The van der Waals surface area contributed by atoms with Gasteiger partial charge < -0.3 is 10.1 Å². The van der Waals surface area contributed by atoms with E-state index < -0.39 is 10.0 Å². The fraction of sp³-hybridized carbons (Fsp3) is 0.0714. The third-order valence-corrected chi connectivity index (χ3v) is 7.15. The minimum Gasteiger partial charge on any atom is -0.497 e. The summed E-state index contributed by atoms with van der Waals surface area (Å²) in [5.41, 5.74) is 3.88. The van der Waals surface area contributed by atoms with Crippen LogP contribution in [0.5, 0.6) is 5.75 Å². The van der Waals surface area contributed by atoms with Crippen molar-refractivity contribution in [3.05, 3.63) is 114 Å². The number of benzene rings is 4. The van der Waals surface area contributed by atoms with Crippen LogP contribution in [0.25, 0.3) is 11.1 Å². The van der Waals surface area contributed by atoms with Crippen LogP contribution in [0, 0.1) is 0 Å². The predicted octanol–water partition coefficient (Wildman–Crippen LogP) is 4.97. The average Bonchev–Trinajstić information content (AvgIpc) is 2.93. The van der Waals surface area contributed by atoms with Gasteiger partial charge in [-0.1, -0.05) is 54.6 Å². The van der Waals surface area contributed by atoms with Gasteiger partial charge in [-0.15, -0.1) is 0 Å². The van der Waals surface area contributed by atoms with Gasteiger partial charge in [0.15, 0.2) is 5.11 Å². The molecule has 37 heavy (non-hydrogen) atoms. The zero-order chi connectivity index (χ0) is 26.3. The third-order valence-electron chi connectivity index (χ3n) is 5.53. The van der Waals surface area contributed by atoms with Gasteiger partial charge in [-0.3, -0.25) is 10.1 Å².